The van der Waals surface area contributed by atoms with E-state index in [4.69, 9.17) is 10.5 Å². The molecule has 0 bridgehead atoms. The van der Waals surface area contributed by atoms with Crippen LogP contribution in [-0.4, -0.2) is 22.1 Å². The summed E-state index contributed by atoms with van der Waals surface area (Å²) in [6.07, 6.45) is 7.11. The van der Waals surface area contributed by atoms with Crippen molar-refractivity contribution in [3.63, 3.8) is 0 Å². The highest BCUT2D eigenvalue weighted by Crippen LogP contribution is 2.26. The molecule has 1 saturated carbocycles. The van der Waals surface area contributed by atoms with Crippen molar-refractivity contribution in [2.75, 3.05) is 6.61 Å². The summed E-state index contributed by atoms with van der Waals surface area (Å²) in [6.45, 7) is 6.72. The van der Waals surface area contributed by atoms with Crippen LogP contribution in [-0.2, 0) is 0 Å². The van der Waals surface area contributed by atoms with Gasteiger partial charge in [0.1, 0.15) is 12.4 Å². The van der Waals surface area contributed by atoms with Crippen LogP contribution in [0.4, 0.5) is 0 Å². The summed E-state index contributed by atoms with van der Waals surface area (Å²) in [5.41, 5.74) is 7.24. The van der Waals surface area contributed by atoms with Gasteiger partial charge in [-0.25, -0.2) is 4.98 Å². The zero-order chi connectivity index (χ0) is 14.6. The fraction of sp³-hybridized carbons (Fsp3) is 0.750. The lowest BCUT2D eigenvalue weighted by atomic mass is 9.93. The molecular weight excluding hydrogens is 250 g/mol. The average Bonchev–Trinajstić information content (AvgIpc) is 2.61. The summed E-state index contributed by atoms with van der Waals surface area (Å²) in [6, 6.07) is 1.89. The third-order valence-electron chi connectivity index (χ3n) is 3.97. The Bertz CT molecular complexity index is 437. The van der Waals surface area contributed by atoms with E-state index in [-0.39, 0.29) is 5.54 Å². The second-order valence-electron chi connectivity index (χ2n) is 6.43. The first kappa shape index (κ1) is 15.2. The minimum atomic E-state index is -0.187. The molecule has 112 valence electrons. The van der Waals surface area contributed by atoms with Crippen LogP contribution in [0.3, 0.4) is 0 Å². The van der Waals surface area contributed by atoms with E-state index in [1.165, 1.54) is 25.7 Å². The maximum atomic E-state index is 6.47. The lowest BCUT2D eigenvalue weighted by molar-refractivity contribution is 0.192. The molecule has 0 saturated heterocycles. The number of nitrogens with two attached hydrogens (primary N) is 1. The Balaban J connectivity index is 2.02. The molecule has 20 heavy (non-hydrogen) atoms. The zero-order valence-corrected chi connectivity index (χ0v) is 13.0. The predicted molar refractivity (Wildman–Crippen MR) is 81.0 cm³/mol. The molecule has 0 unspecified atom stereocenters. The van der Waals surface area contributed by atoms with Gasteiger partial charge in [-0.05, 0) is 19.8 Å². The Hall–Kier alpha value is -1.16. The molecule has 1 aliphatic carbocycles. The largest absolute Gasteiger partial charge is 0.476 e. The Morgan fingerprint density at radius 3 is 2.45 bits per heavy atom. The molecule has 1 fully saturated rings. The molecule has 0 aromatic carbocycles. The Labute approximate surface area is 122 Å². The predicted octanol–water partition coefficient (Wildman–Crippen LogP) is 3.34. The van der Waals surface area contributed by atoms with E-state index in [1.807, 2.05) is 13.0 Å². The summed E-state index contributed by atoms with van der Waals surface area (Å²) < 4.78 is 5.90. The summed E-state index contributed by atoms with van der Waals surface area (Å²) in [7, 11) is 0. The molecule has 2 rings (SSSR count). The van der Waals surface area contributed by atoms with Gasteiger partial charge in [-0.1, -0.05) is 39.5 Å². The third kappa shape index (κ3) is 4.17. The van der Waals surface area contributed by atoms with Gasteiger partial charge in [0.25, 0.3) is 0 Å². The Morgan fingerprint density at radius 1 is 1.20 bits per heavy atom. The minimum absolute atomic E-state index is 0.187. The molecule has 0 amide bonds. The molecule has 1 heterocycles. The molecular formula is C16H27N3O. The second-order valence-corrected chi connectivity index (χ2v) is 6.43. The van der Waals surface area contributed by atoms with Gasteiger partial charge in [0.2, 0.25) is 5.88 Å². The number of aromatic nitrogens is 2. The van der Waals surface area contributed by atoms with Crippen LogP contribution in [0.1, 0.15) is 69.8 Å². The lowest BCUT2D eigenvalue weighted by Gasteiger charge is -2.27. The van der Waals surface area contributed by atoms with Crippen molar-refractivity contribution in [2.24, 2.45) is 5.73 Å². The first-order valence-electron chi connectivity index (χ1n) is 7.76. The zero-order valence-electron chi connectivity index (χ0n) is 13.0. The van der Waals surface area contributed by atoms with Crippen molar-refractivity contribution in [3.05, 3.63) is 17.6 Å². The standard InChI is InChI=1S/C16H27N3O/c1-12(2)15-18-13(3)10-14(19-15)20-11-16(17)8-6-4-5-7-9-16/h10,12H,4-9,11,17H2,1-3H3. The highest BCUT2D eigenvalue weighted by atomic mass is 16.5. The van der Waals surface area contributed by atoms with Crippen LogP contribution in [0.25, 0.3) is 0 Å². The van der Waals surface area contributed by atoms with Crippen LogP contribution in [0.2, 0.25) is 0 Å². The van der Waals surface area contributed by atoms with Crippen molar-refractivity contribution >= 4 is 0 Å². The molecule has 1 aliphatic rings. The van der Waals surface area contributed by atoms with Crippen LogP contribution < -0.4 is 10.5 Å². The molecule has 2 N–H and O–H groups in total. The van der Waals surface area contributed by atoms with Crippen molar-refractivity contribution in [1.29, 1.82) is 0 Å². The first-order chi connectivity index (χ1) is 9.48. The maximum Gasteiger partial charge on any atom is 0.216 e. The van der Waals surface area contributed by atoms with Crippen LogP contribution in [0, 0.1) is 6.92 Å². The van der Waals surface area contributed by atoms with Gasteiger partial charge < -0.3 is 10.5 Å². The van der Waals surface area contributed by atoms with Gasteiger partial charge in [0, 0.05) is 17.7 Å². The topological polar surface area (TPSA) is 61.0 Å². The molecule has 1 aromatic rings. The van der Waals surface area contributed by atoms with E-state index >= 15 is 0 Å². The van der Waals surface area contributed by atoms with Gasteiger partial charge >= 0.3 is 0 Å². The molecule has 0 aliphatic heterocycles. The van der Waals surface area contributed by atoms with Gasteiger partial charge in [-0.3, -0.25) is 0 Å². The fourth-order valence-corrected chi connectivity index (χ4v) is 2.69. The molecule has 0 radical (unpaired) electrons. The summed E-state index contributed by atoms with van der Waals surface area (Å²) in [5, 5.41) is 0. The number of hydrogen-bond donors (Lipinski definition) is 1. The molecule has 4 heteroatoms. The lowest BCUT2D eigenvalue weighted by Crippen LogP contribution is -2.45. The number of hydrogen-bond acceptors (Lipinski definition) is 4. The van der Waals surface area contributed by atoms with Crippen LogP contribution in [0.15, 0.2) is 6.07 Å². The number of aryl methyl sites for hydroxylation is 1. The first-order valence-corrected chi connectivity index (χ1v) is 7.76. The Kier molecular flexibility index (Phi) is 4.97. The SMILES string of the molecule is Cc1cc(OCC2(N)CCCCCC2)nc(C(C)C)n1. The van der Waals surface area contributed by atoms with E-state index in [1.54, 1.807) is 0 Å². The van der Waals surface area contributed by atoms with Gasteiger partial charge in [-0.15, -0.1) is 0 Å². The van der Waals surface area contributed by atoms with Crippen molar-refractivity contribution in [2.45, 2.75) is 70.8 Å². The summed E-state index contributed by atoms with van der Waals surface area (Å²) >= 11 is 0. The molecule has 0 spiro atoms. The number of rotatable bonds is 4. The van der Waals surface area contributed by atoms with Crippen LogP contribution >= 0.6 is 0 Å². The smallest absolute Gasteiger partial charge is 0.216 e. The van der Waals surface area contributed by atoms with E-state index < -0.39 is 0 Å². The third-order valence-corrected chi connectivity index (χ3v) is 3.97. The van der Waals surface area contributed by atoms with E-state index in [0.717, 1.165) is 24.4 Å². The summed E-state index contributed by atoms with van der Waals surface area (Å²) in [5.74, 6) is 1.81. The normalized spacial score (nSPS) is 18.9. The second kappa shape index (κ2) is 6.53. The van der Waals surface area contributed by atoms with E-state index in [0.29, 0.717) is 18.4 Å². The molecule has 1 aromatic heterocycles. The molecule has 0 atom stereocenters. The van der Waals surface area contributed by atoms with Crippen molar-refractivity contribution in [1.82, 2.24) is 9.97 Å². The number of nitrogens with zero attached hydrogens (tertiary/aromatic N) is 2. The number of ether oxygens (including phenoxy) is 1. The quantitative estimate of drug-likeness (QED) is 0.857. The molecule has 4 nitrogen and oxygen atoms in total. The maximum absolute atomic E-state index is 6.47. The van der Waals surface area contributed by atoms with E-state index in [2.05, 4.69) is 23.8 Å². The Morgan fingerprint density at radius 2 is 1.85 bits per heavy atom. The van der Waals surface area contributed by atoms with E-state index in [9.17, 15) is 0 Å². The minimum Gasteiger partial charge on any atom is -0.476 e. The summed E-state index contributed by atoms with van der Waals surface area (Å²) in [4.78, 5) is 8.92. The average molecular weight is 277 g/mol. The van der Waals surface area contributed by atoms with Gasteiger partial charge in [0.05, 0.1) is 5.54 Å². The van der Waals surface area contributed by atoms with Crippen LogP contribution in [0.5, 0.6) is 5.88 Å². The highest BCUT2D eigenvalue weighted by Gasteiger charge is 2.27. The monoisotopic (exact) mass is 277 g/mol. The van der Waals surface area contributed by atoms with Crippen molar-refractivity contribution < 1.29 is 4.74 Å². The van der Waals surface area contributed by atoms with Gasteiger partial charge in [-0.2, -0.15) is 4.98 Å². The van der Waals surface area contributed by atoms with Gasteiger partial charge in [0.15, 0.2) is 0 Å². The fourth-order valence-electron chi connectivity index (χ4n) is 2.69. The highest BCUT2D eigenvalue weighted by molar-refractivity contribution is 5.16. The van der Waals surface area contributed by atoms with Crippen molar-refractivity contribution in [3.8, 4) is 5.88 Å².